The number of aliphatic hydroxyl groups is 1. The predicted molar refractivity (Wildman–Crippen MR) is 136 cm³/mol. The second-order valence-corrected chi connectivity index (χ2v) is 10.2. The molecule has 0 rings (SSSR count). The standard InChI is InChI=1S/C25H50NO7P/c1-2-3-4-5-6-7-8-9-10-11-12-13-14-15-16-17-18-19-25(28)33-24(22-27)23-32-34(29,30)31-21-20-26/h16-17,24,27H,2-15,18-23,26H2,1H3,(H,29,30)/b17-16-. The lowest BCUT2D eigenvalue weighted by molar-refractivity contribution is -0.153. The minimum Gasteiger partial charge on any atom is -0.457 e. The highest BCUT2D eigenvalue weighted by molar-refractivity contribution is 7.47. The van der Waals surface area contributed by atoms with Crippen molar-refractivity contribution in [2.45, 2.75) is 116 Å². The first-order valence-electron chi connectivity index (χ1n) is 13.2. The van der Waals surface area contributed by atoms with Gasteiger partial charge in [-0.3, -0.25) is 13.8 Å². The third-order valence-corrected chi connectivity index (χ3v) is 6.44. The molecule has 0 aromatic carbocycles. The van der Waals surface area contributed by atoms with Gasteiger partial charge in [0.1, 0.15) is 6.10 Å². The lowest BCUT2D eigenvalue weighted by Crippen LogP contribution is -2.27. The number of carbonyl (C=O) groups excluding carboxylic acids is 1. The molecule has 2 unspecified atom stereocenters. The summed E-state index contributed by atoms with van der Waals surface area (Å²) in [5.74, 6) is -0.496. The zero-order chi connectivity index (χ0) is 25.3. The molecular formula is C25H50NO7P. The molecule has 0 amide bonds. The van der Waals surface area contributed by atoms with E-state index in [1.165, 1.54) is 77.0 Å². The molecule has 0 aliphatic carbocycles. The number of rotatable bonds is 25. The maximum Gasteiger partial charge on any atom is 0.472 e. The Kier molecular flexibility index (Phi) is 23.4. The molecular weight excluding hydrogens is 457 g/mol. The fourth-order valence-corrected chi connectivity index (χ4v) is 4.23. The lowest BCUT2D eigenvalue weighted by Gasteiger charge is -2.17. The normalized spacial score (nSPS) is 14.4. The molecule has 0 bridgehead atoms. The Morgan fingerprint density at radius 1 is 0.882 bits per heavy atom. The summed E-state index contributed by atoms with van der Waals surface area (Å²) < 4.78 is 25.9. The van der Waals surface area contributed by atoms with Crippen molar-refractivity contribution in [2.75, 3.05) is 26.4 Å². The van der Waals surface area contributed by atoms with Crippen LogP contribution in [0, 0.1) is 0 Å². The first kappa shape index (κ1) is 33.2. The number of hydrogen-bond donors (Lipinski definition) is 3. The van der Waals surface area contributed by atoms with Crippen molar-refractivity contribution in [2.24, 2.45) is 5.73 Å². The molecule has 0 saturated carbocycles. The lowest BCUT2D eigenvalue weighted by atomic mass is 10.0. The van der Waals surface area contributed by atoms with Crippen molar-refractivity contribution >= 4 is 13.8 Å². The van der Waals surface area contributed by atoms with Gasteiger partial charge in [-0.2, -0.15) is 0 Å². The first-order chi connectivity index (χ1) is 16.4. The fourth-order valence-electron chi connectivity index (χ4n) is 3.47. The average molecular weight is 508 g/mol. The van der Waals surface area contributed by atoms with Gasteiger partial charge in [0.2, 0.25) is 0 Å². The third-order valence-electron chi connectivity index (χ3n) is 5.45. The van der Waals surface area contributed by atoms with Gasteiger partial charge in [0.25, 0.3) is 0 Å². The minimum atomic E-state index is -4.27. The highest BCUT2D eigenvalue weighted by atomic mass is 31.2. The highest BCUT2D eigenvalue weighted by Gasteiger charge is 2.24. The molecule has 0 aromatic heterocycles. The van der Waals surface area contributed by atoms with Crippen LogP contribution in [-0.2, 0) is 23.1 Å². The first-order valence-corrected chi connectivity index (χ1v) is 14.7. The second-order valence-electron chi connectivity index (χ2n) is 8.72. The van der Waals surface area contributed by atoms with Gasteiger partial charge in [-0.15, -0.1) is 0 Å². The van der Waals surface area contributed by atoms with E-state index in [1.54, 1.807) is 0 Å². The number of esters is 1. The highest BCUT2D eigenvalue weighted by Crippen LogP contribution is 2.42. The van der Waals surface area contributed by atoms with Crippen LogP contribution in [0.1, 0.15) is 110 Å². The van der Waals surface area contributed by atoms with E-state index in [9.17, 15) is 19.4 Å². The Morgan fingerprint density at radius 3 is 1.94 bits per heavy atom. The second kappa shape index (κ2) is 24.0. The van der Waals surface area contributed by atoms with Crippen LogP contribution in [0.3, 0.4) is 0 Å². The molecule has 0 aliphatic heterocycles. The Morgan fingerprint density at radius 2 is 1.41 bits per heavy atom. The Bertz CT molecular complexity index is 545. The van der Waals surface area contributed by atoms with Crippen LogP contribution < -0.4 is 5.73 Å². The van der Waals surface area contributed by atoms with Crippen molar-refractivity contribution in [3.05, 3.63) is 12.2 Å². The van der Waals surface area contributed by atoms with Crippen LogP contribution in [0.5, 0.6) is 0 Å². The van der Waals surface area contributed by atoms with E-state index in [4.69, 9.17) is 15.0 Å². The number of ether oxygens (including phenoxy) is 1. The van der Waals surface area contributed by atoms with Crippen molar-refractivity contribution in [1.29, 1.82) is 0 Å². The number of carbonyl (C=O) groups is 1. The minimum absolute atomic E-state index is 0.0687. The summed E-state index contributed by atoms with van der Waals surface area (Å²) in [5.41, 5.74) is 5.19. The molecule has 9 heteroatoms. The van der Waals surface area contributed by atoms with Gasteiger partial charge in [-0.1, -0.05) is 96.1 Å². The summed E-state index contributed by atoms with van der Waals surface area (Å²) >= 11 is 0. The van der Waals surface area contributed by atoms with E-state index in [1.807, 2.05) is 6.08 Å². The molecule has 4 N–H and O–H groups in total. The van der Waals surface area contributed by atoms with E-state index in [-0.39, 0.29) is 19.6 Å². The van der Waals surface area contributed by atoms with E-state index >= 15 is 0 Å². The monoisotopic (exact) mass is 507 g/mol. The molecule has 0 radical (unpaired) electrons. The molecule has 0 aromatic rings. The quantitative estimate of drug-likeness (QED) is 0.0612. The average Bonchev–Trinajstić information content (AvgIpc) is 2.82. The molecule has 0 fully saturated rings. The maximum atomic E-state index is 11.9. The number of phosphoric acid groups is 1. The van der Waals surface area contributed by atoms with E-state index in [2.05, 4.69) is 17.5 Å². The predicted octanol–water partition coefficient (Wildman–Crippen LogP) is 5.80. The van der Waals surface area contributed by atoms with Crippen LogP contribution >= 0.6 is 7.82 Å². The van der Waals surface area contributed by atoms with Gasteiger partial charge in [0.15, 0.2) is 0 Å². The number of unbranched alkanes of at least 4 members (excludes halogenated alkanes) is 13. The van der Waals surface area contributed by atoms with Crippen molar-refractivity contribution in [3.63, 3.8) is 0 Å². The van der Waals surface area contributed by atoms with Crippen LogP contribution in [0.25, 0.3) is 0 Å². The van der Waals surface area contributed by atoms with Crippen molar-refractivity contribution in [1.82, 2.24) is 0 Å². The largest absolute Gasteiger partial charge is 0.472 e. The van der Waals surface area contributed by atoms with Crippen LogP contribution in [0.2, 0.25) is 0 Å². The van der Waals surface area contributed by atoms with Crippen molar-refractivity contribution < 1.29 is 33.1 Å². The van der Waals surface area contributed by atoms with Crippen LogP contribution in [0.4, 0.5) is 0 Å². The number of nitrogens with two attached hydrogens (primary N) is 1. The SMILES string of the molecule is CCCCCCCCCCCCCCC/C=C\CCC(=O)OC(CO)COP(=O)(O)OCCN. The molecule has 2 atom stereocenters. The van der Waals surface area contributed by atoms with E-state index < -0.39 is 33.1 Å². The third kappa shape index (κ3) is 23.0. The Labute approximate surface area is 207 Å². The zero-order valence-electron chi connectivity index (χ0n) is 21.3. The summed E-state index contributed by atoms with van der Waals surface area (Å²) in [5, 5.41) is 9.26. The van der Waals surface area contributed by atoms with Gasteiger partial charge in [0, 0.05) is 13.0 Å². The molecule has 202 valence electrons. The molecule has 0 saturated heterocycles. The fraction of sp³-hybridized carbons (Fsp3) is 0.880. The van der Waals surface area contributed by atoms with E-state index in [0.29, 0.717) is 6.42 Å². The number of allylic oxidation sites excluding steroid dienone is 2. The topological polar surface area (TPSA) is 128 Å². The number of phosphoric ester groups is 1. The van der Waals surface area contributed by atoms with Gasteiger partial charge < -0.3 is 20.5 Å². The Balaban J connectivity index is 3.60. The van der Waals surface area contributed by atoms with E-state index in [0.717, 1.165) is 12.8 Å². The molecule has 8 nitrogen and oxygen atoms in total. The Hall–Kier alpha value is -0.760. The summed E-state index contributed by atoms with van der Waals surface area (Å²) in [6.45, 7) is 1.24. The zero-order valence-corrected chi connectivity index (χ0v) is 22.2. The number of hydrogen-bond acceptors (Lipinski definition) is 7. The maximum absolute atomic E-state index is 11.9. The molecule has 0 heterocycles. The van der Waals surface area contributed by atoms with Crippen LogP contribution in [-0.4, -0.2) is 48.4 Å². The summed E-state index contributed by atoms with van der Waals surface area (Å²) in [4.78, 5) is 21.3. The summed E-state index contributed by atoms with van der Waals surface area (Å²) in [6.07, 6.45) is 22.2. The molecule has 0 aliphatic rings. The molecule has 0 spiro atoms. The number of aliphatic hydroxyl groups excluding tert-OH is 1. The van der Waals surface area contributed by atoms with Gasteiger partial charge in [-0.05, 0) is 19.3 Å². The summed E-state index contributed by atoms with van der Waals surface area (Å²) in [6, 6.07) is 0. The smallest absolute Gasteiger partial charge is 0.457 e. The molecule has 34 heavy (non-hydrogen) atoms. The van der Waals surface area contributed by atoms with Gasteiger partial charge >= 0.3 is 13.8 Å². The van der Waals surface area contributed by atoms with Gasteiger partial charge in [-0.25, -0.2) is 4.57 Å². The summed E-state index contributed by atoms with van der Waals surface area (Å²) in [7, 11) is -4.27. The van der Waals surface area contributed by atoms with Gasteiger partial charge in [0.05, 0.1) is 19.8 Å². The van der Waals surface area contributed by atoms with Crippen LogP contribution in [0.15, 0.2) is 12.2 Å². The van der Waals surface area contributed by atoms with Crippen molar-refractivity contribution in [3.8, 4) is 0 Å².